The molecule has 1 aliphatic rings. The Morgan fingerprint density at radius 2 is 1.90 bits per heavy atom. The fourth-order valence-corrected chi connectivity index (χ4v) is 4.04. The van der Waals surface area contributed by atoms with Crippen LogP contribution in [0.15, 0.2) is 54.7 Å². The van der Waals surface area contributed by atoms with Gasteiger partial charge in [0.15, 0.2) is 16.6 Å². The molecule has 0 saturated heterocycles. The summed E-state index contributed by atoms with van der Waals surface area (Å²) in [6.45, 7) is 2.40. The van der Waals surface area contributed by atoms with Crippen LogP contribution < -0.4 is 14.8 Å². The standard InChI is InChI=1S/C23H24N2O3S/c1-2-3-6-16-9-11-17(12-10-16)13-18-14-24-23(29-18)25-22(26)21-15-27-19-7-4-5-8-20(19)28-21/h4-5,7-12,14,21H,2-3,6,13,15H2,1H3,(H,24,25,26). The maximum atomic E-state index is 12.5. The minimum atomic E-state index is -0.687. The van der Waals surface area contributed by atoms with Crippen molar-refractivity contribution in [2.45, 2.75) is 38.7 Å². The van der Waals surface area contributed by atoms with Crippen molar-refractivity contribution >= 4 is 22.4 Å². The summed E-state index contributed by atoms with van der Waals surface area (Å²) in [7, 11) is 0. The van der Waals surface area contributed by atoms with Gasteiger partial charge in [-0.3, -0.25) is 10.1 Å². The third-order valence-electron chi connectivity index (χ3n) is 4.81. The first-order chi connectivity index (χ1) is 14.2. The largest absolute Gasteiger partial charge is 0.485 e. The molecule has 0 bridgehead atoms. The molecule has 1 atom stereocenters. The van der Waals surface area contributed by atoms with Crippen LogP contribution in [-0.2, 0) is 17.6 Å². The van der Waals surface area contributed by atoms with E-state index in [2.05, 4.69) is 41.5 Å². The normalized spacial score (nSPS) is 15.1. The van der Waals surface area contributed by atoms with Crippen LogP contribution in [0.3, 0.4) is 0 Å². The van der Waals surface area contributed by atoms with Gasteiger partial charge in [0, 0.05) is 17.5 Å². The molecule has 1 N–H and O–H groups in total. The van der Waals surface area contributed by atoms with E-state index in [4.69, 9.17) is 9.47 Å². The van der Waals surface area contributed by atoms with E-state index in [0.29, 0.717) is 16.6 Å². The molecule has 2 heterocycles. The molecule has 4 rings (SSSR count). The smallest absolute Gasteiger partial charge is 0.270 e. The number of hydrogen-bond acceptors (Lipinski definition) is 5. The number of anilines is 1. The van der Waals surface area contributed by atoms with E-state index in [1.807, 2.05) is 24.4 Å². The second kappa shape index (κ2) is 9.09. The Bertz CT molecular complexity index is 968. The van der Waals surface area contributed by atoms with Crippen molar-refractivity contribution < 1.29 is 14.3 Å². The van der Waals surface area contributed by atoms with Gasteiger partial charge in [0.05, 0.1) is 0 Å². The van der Waals surface area contributed by atoms with Crippen LogP contribution in [0.25, 0.3) is 0 Å². The summed E-state index contributed by atoms with van der Waals surface area (Å²) < 4.78 is 11.4. The molecule has 2 aromatic carbocycles. The number of unbranched alkanes of at least 4 members (excludes halogenated alkanes) is 1. The molecule has 29 heavy (non-hydrogen) atoms. The number of ether oxygens (including phenoxy) is 2. The third-order valence-corrected chi connectivity index (χ3v) is 5.72. The number of aryl methyl sites for hydroxylation is 1. The first-order valence-corrected chi connectivity index (χ1v) is 10.7. The molecular weight excluding hydrogens is 384 g/mol. The van der Waals surface area contributed by atoms with Crippen LogP contribution in [0.4, 0.5) is 5.13 Å². The zero-order valence-electron chi connectivity index (χ0n) is 16.4. The summed E-state index contributed by atoms with van der Waals surface area (Å²) in [6.07, 6.45) is 5.50. The summed E-state index contributed by atoms with van der Waals surface area (Å²) in [5.41, 5.74) is 2.62. The lowest BCUT2D eigenvalue weighted by Gasteiger charge is -2.25. The maximum Gasteiger partial charge on any atom is 0.270 e. The van der Waals surface area contributed by atoms with E-state index >= 15 is 0 Å². The lowest BCUT2D eigenvalue weighted by Crippen LogP contribution is -2.40. The Morgan fingerprint density at radius 3 is 2.69 bits per heavy atom. The van der Waals surface area contributed by atoms with Gasteiger partial charge in [-0.15, -0.1) is 11.3 Å². The second-order valence-corrected chi connectivity index (χ2v) is 8.20. The predicted octanol–water partition coefficient (Wildman–Crippen LogP) is 4.86. The molecule has 3 aromatic rings. The second-order valence-electron chi connectivity index (χ2n) is 7.08. The monoisotopic (exact) mass is 408 g/mol. The van der Waals surface area contributed by atoms with Crippen LogP contribution in [-0.4, -0.2) is 23.6 Å². The van der Waals surface area contributed by atoms with Gasteiger partial charge >= 0.3 is 0 Å². The molecule has 0 fully saturated rings. The first-order valence-electron chi connectivity index (χ1n) is 9.93. The van der Waals surface area contributed by atoms with Gasteiger partial charge in [-0.2, -0.15) is 0 Å². The van der Waals surface area contributed by atoms with Crippen molar-refractivity contribution in [3.63, 3.8) is 0 Å². The average molecular weight is 409 g/mol. The van der Waals surface area contributed by atoms with Crippen molar-refractivity contribution in [1.29, 1.82) is 0 Å². The van der Waals surface area contributed by atoms with Gasteiger partial charge in [-0.25, -0.2) is 4.98 Å². The molecule has 150 valence electrons. The van der Waals surface area contributed by atoms with Crippen molar-refractivity contribution in [3.05, 3.63) is 70.7 Å². The predicted molar refractivity (Wildman–Crippen MR) is 115 cm³/mol. The van der Waals surface area contributed by atoms with Gasteiger partial charge in [0.25, 0.3) is 5.91 Å². The topological polar surface area (TPSA) is 60.5 Å². The Labute approximate surface area is 174 Å². The number of nitrogens with zero attached hydrogens (tertiary/aromatic N) is 1. The number of fused-ring (bicyclic) bond motifs is 1. The van der Waals surface area contributed by atoms with Crippen molar-refractivity contribution in [1.82, 2.24) is 4.98 Å². The lowest BCUT2D eigenvalue weighted by atomic mass is 10.0. The average Bonchev–Trinajstić information content (AvgIpc) is 3.19. The van der Waals surface area contributed by atoms with E-state index in [1.54, 1.807) is 6.07 Å². The van der Waals surface area contributed by atoms with Crippen LogP contribution in [0.2, 0.25) is 0 Å². The van der Waals surface area contributed by atoms with E-state index in [0.717, 1.165) is 17.7 Å². The molecule has 6 heteroatoms. The van der Waals surface area contributed by atoms with Crippen LogP contribution in [0.1, 0.15) is 35.8 Å². The number of thiazole rings is 1. The minimum Gasteiger partial charge on any atom is -0.485 e. The quantitative estimate of drug-likeness (QED) is 0.607. The molecule has 1 aliphatic heterocycles. The number of benzene rings is 2. The number of carbonyl (C=O) groups excluding carboxylic acids is 1. The number of rotatable bonds is 7. The third kappa shape index (κ3) is 4.95. The van der Waals surface area contributed by atoms with Crippen molar-refractivity contribution in [3.8, 4) is 11.5 Å². The lowest BCUT2D eigenvalue weighted by molar-refractivity contribution is -0.125. The van der Waals surface area contributed by atoms with Crippen LogP contribution in [0.5, 0.6) is 11.5 Å². The highest BCUT2D eigenvalue weighted by Gasteiger charge is 2.27. The summed E-state index contributed by atoms with van der Waals surface area (Å²) in [5.74, 6) is 0.996. The van der Waals surface area contributed by atoms with Gasteiger partial charge in [0.2, 0.25) is 6.10 Å². The molecule has 1 amide bonds. The van der Waals surface area contributed by atoms with E-state index in [-0.39, 0.29) is 12.5 Å². The Kier molecular flexibility index (Phi) is 6.10. The van der Waals surface area contributed by atoms with E-state index in [9.17, 15) is 4.79 Å². The molecule has 1 unspecified atom stereocenters. The number of carbonyl (C=O) groups is 1. The summed E-state index contributed by atoms with van der Waals surface area (Å²) in [5, 5.41) is 3.42. The van der Waals surface area contributed by atoms with Gasteiger partial charge in [0.1, 0.15) is 6.61 Å². The Morgan fingerprint density at radius 1 is 1.14 bits per heavy atom. The number of aromatic nitrogens is 1. The zero-order chi connectivity index (χ0) is 20.1. The Hall–Kier alpha value is -2.86. The Balaban J connectivity index is 1.33. The van der Waals surface area contributed by atoms with E-state index in [1.165, 1.54) is 35.3 Å². The molecule has 5 nitrogen and oxygen atoms in total. The highest BCUT2D eigenvalue weighted by atomic mass is 32.1. The maximum absolute atomic E-state index is 12.5. The molecule has 0 aliphatic carbocycles. The number of para-hydroxylation sites is 2. The summed E-state index contributed by atoms with van der Waals surface area (Å²) in [6, 6.07) is 16.1. The van der Waals surface area contributed by atoms with Gasteiger partial charge in [-0.1, -0.05) is 49.7 Å². The van der Waals surface area contributed by atoms with Gasteiger partial charge in [-0.05, 0) is 36.1 Å². The number of nitrogens with one attached hydrogen (secondary N) is 1. The van der Waals surface area contributed by atoms with E-state index < -0.39 is 6.10 Å². The molecular formula is C23H24N2O3S. The van der Waals surface area contributed by atoms with Crippen LogP contribution in [0, 0.1) is 0 Å². The fraction of sp³-hybridized carbons (Fsp3) is 0.304. The van der Waals surface area contributed by atoms with Crippen molar-refractivity contribution in [2.75, 3.05) is 11.9 Å². The fourth-order valence-electron chi connectivity index (χ4n) is 3.19. The first kappa shape index (κ1) is 19.5. The summed E-state index contributed by atoms with van der Waals surface area (Å²) >= 11 is 1.48. The molecule has 0 saturated carbocycles. The highest BCUT2D eigenvalue weighted by molar-refractivity contribution is 7.15. The summed E-state index contributed by atoms with van der Waals surface area (Å²) in [4.78, 5) is 18.0. The van der Waals surface area contributed by atoms with Gasteiger partial charge < -0.3 is 9.47 Å². The highest BCUT2D eigenvalue weighted by Crippen LogP contribution is 2.31. The van der Waals surface area contributed by atoms with Crippen LogP contribution >= 0.6 is 11.3 Å². The zero-order valence-corrected chi connectivity index (χ0v) is 17.2. The minimum absolute atomic E-state index is 0.186. The molecule has 1 aromatic heterocycles. The number of amides is 1. The van der Waals surface area contributed by atoms with Crippen molar-refractivity contribution in [2.24, 2.45) is 0 Å². The number of hydrogen-bond donors (Lipinski definition) is 1. The molecule has 0 spiro atoms. The SMILES string of the molecule is CCCCc1ccc(Cc2cnc(NC(=O)C3COc4ccccc4O3)s2)cc1. The molecule has 0 radical (unpaired) electrons.